The number of thiol groups is 1. The molecule has 9 heavy (non-hydrogen) atoms. The van der Waals surface area contributed by atoms with Crippen molar-refractivity contribution < 1.29 is 0 Å². The van der Waals surface area contributed by atoms with Gasteiger partial charge in [0.1, 0.15) is 0 Å². The molecule has 0 amide bonds. The van der Waals surface area contributed by atoms with Gasteiger partial charge >= 0.3 is 0 Å². The van der Waals surface area contributed by atoms with Gasteiger partial charge in [0.05, 0.1) is 0 Å². The summed E-state index contributed by atoms with van der Waals surface area (Å²) in [7, 11) is 0. The summed E-state index contributed by atoms with van der Waals surface area (Å²) in [6.07, 6.45) is 5.82. The van der Waals surface area contributed by atoms with E-state index in [1.54, 1.807) is 0 Å². The van der Waals surface area contributed by atoms with Crippen molar-refractivity contribution in [2.45, 2.75) is 13.8 Å². The van der Waals surface area contributed by atoms with E-state index in [-0.39, 0.29) is 0 Å². The molecule has 0 unspecified atom stereocenters. The molecule has 0 aliphatic carbocycles. The van der Waals surface area contributed by atoms with Gasteiger partial charge in [-0.15, -0.1) is 12.6 Å². The van der Waals surface area contributed by atoms with E-state index in [0.717, 1.165) is 10.5 Å². The van der Waals surface area contributed by atoms with E-state index in [9.17, 15) is 0 Å². The zero-order valence-corrected chi connectivity index (χ0v) is 6.78. The average Bonchev–Trinajstić information content (AvgIpc) is 1.82. The second kappa shape index (κ2) is 4.45. The van der Waals surface area contributed by atoms with Crippen LogP contribution in [0.2, 0.25) is 0 Å². The lowest BCUT2D eigenvalue weighted by Gasteiger charge is -1.92. The molecule has 0 rings (SSSR count). The Morgan fingerprint density at radius 3 is 2.44 bits per heavy atom. The van der Waals surface area contributed by atoms with Crippen LogP contribution in [0.25, 0.3) is 0 Å². The monoisotopic (exact) mass is 140 g/mol. The minimum absolute atomic E-state index is 0.938. The summed E-state index contributed by atoms with van der Waals surface area (Å²) in [6, 6.07) is 0. The minimum atomic E-state index is 0.938. The second-order valence-electron chi connectivity index (χ2n) is 1.86. The lowest BCUT2D eigenvalue weighted by atomic mass is 10.3. The van der Waals surface area contributed by atoms with E-state index in [1.807, 2.05) is 32.1 Å². The summed E-state index contributed by atoms with van der Waals surface area (Å²) in [5.41, 5.74) is 0.997. The maximum absolute atomic E-state index is 4.17. The van der Waals surface area contributed by atoms with Crippen molar-refractivity contribution in [1.29, 1.82) is 0 Å². The van der Waals surface area contributed by atoms with E-state index < -0.39 is 0 Å². The molecule has 0 heterocycles. The molecule has 0 aromatic heterocycles. The SMILES string of the molecule is C=C(C)/C(S)=C\C=C/C. The topological polar surface area (TPSA) is 0 Å². The highest BCUT2D eigenvalue weighted by Gasteiger charge is 1.84. The molecular formula is C8H12S. The Balaban J connectivity index is 4.00. The van der Waals surface area contributed by atoms with E-state index in [2.05, 4.69) is 19.2 Å². The van der Waals surface area contributed by atoms with Crippen LogP contribution in [0.3, 0.4) is 0 Å². The summed E-state index contributed by atoms with van der Waals surface area (Å²) in [5, 5.41) is 0. The normalized spacial score (nSPS) is 12.6. The summed E-state index contributed by atoms with van der Waals surface area (Å²) in [6.45, 7) is 7.63. The highest BCUT2D eigenvalue weighted by atomic mass is 32.1. The van der Waals surface area contributed by atoms with E-state index in [4.69, 9.17) is 0 Å². The van der Waals surface area contributed by atoms with Gasteiger partial charge in [-0.1, -0.05) is 18.7 Å². The molecule has 0 nitrogen and oxygen atoms in total. The van der Waals surface area contributed by atoms with Crippen LogP contribution in [0.4, 0.5) is 0 Å². The van der Waals surface area contributed by atoms with Crippen LogP contribution in [-0.2, 0) is 0 Å². The van der Waals surface area contributed by atoms with Crippen LogP contribution in [-0.4, -0.2) is 0 Å². The van der Waals surface area contributed by atoms with Gasteiger partial charge < -0.3 is 0 Å². The molecule has 0 bridgehead atoms. The van der Waals surface area contributed by atoms with Crippen LogP contribution in [0.5, 0.6) is 0 Å². The second-order valence-corrected chi connectivity index (χ2v) is 2.34. The van der Waals surface area contributed by atoms with Gasteiger partial charge in [0, 0.05) is 4.91 Å². The molecule has 0 aliphatic rings. The first-order valence-corrected chi connectivity index (χ1v) is 3.31. The van der Waals surface area contributed by atoms with Gasteiger partial charge in [0.15, 0.2) is 0 Å². The Morgan fingerprint density at radius 2 is 2.11 bits per heavy atom. The standard InChI is InChI=1S/C8H12S/c1-4-5-6-8(9)7(2)3/h4-6,9H,2H2,1,3H3/b5-4-,8-6+. The third-order valence-electron chi connectivity index (χ3n) is 0.884. The minimum Gasteiger partial charge on any atom is -0.143 e. The van der Waals surface area contributed by atoms with E-state index in [1.165, 1.54) is 0 Å². The van der Waals surface area contributed by atoms with Gasteiger partial charge in [-0.05, 0) is 25.5 Å². The largest absolute Gasteiger partial charge is 0.143 e. The summed E-state index contributed by atoms with van der Waals surface area (Å²) in [4.78, 5) is 0.938. The highest BCUT2D eigenvalue weighted by Crippen LogP contribution is 2.09. The van der Waals surface area contributed by atoms with Gasteiger partial charge in [-0.3, -0.25) is 0 Å². The average molecular weight is 140 g/mol. The quantitative estimate of drug-likeness (QED) is 0.442. The fraction of sp³-hybridized carbons (Fsp3) is 0.250. The molecular weight excluding hydrogens is 128 g/mol. The maximum atomic E-state index is 4.17. The molecule has 1 heteroatoms. The first-order valence-electron chi connectivity index (χ1n) is 2.86. The highest BCUT2D eigenvalue weighted by molar-refractivity contribution is 7.84. The number of allylic oxidation sites excluding steroid dienone is 4. The van der Waals surface area contributed by atoms with Gasteiger partial charge in [-0.2, -0.15) is 0 Å². The van der Waals surface area contributed by atoms with Crippen molar-refractivity contribution in [3.8, 4) is 0 Å². The lowest BCUT2D eigenvalue weighted by Crippen LogP contribution is -1.68. The van der Waals surface area contributed by atoms with Gasteiger partial charge in [0.25, 0.3) is 0 Å². The molecule has 50 valence electrons. The molecule has 0 radical (unpaired) electrons. The van der Waals surface area contributed by atoms with E-state index in [0.29, 0.717) is 0 Å². The molecule has 0 aliphatic heterocycles. The van der Waals surface area contributed by atoms with Gasteiger partial charge in [-0.25, -0.2) is 0 Å². The Hall–Kier alpha value is -0.430. The predicted octanol–water partition coefficient (Wildman–Crippen LogP) is 2.95. The van der Waals surface area contributed by atoms with Crippen molar-refractivity contribution in [3.05, 3.63) is 35.3 Å². The van der Waals surface area contributed by atoms with Crippen molar-refractivity contribution in [1.82, 2.24) is 0 Å². The Morgan fingerprint density at radius 1 is 1.56 bits per heavy atom. The Kier molecular flexibility index (Phi) is 4.24. The van der Waals surface area contributed by atoms with Crippen molar-refractivity contribution in [2.24, 2.45) is 0 Å². The van der Waals surface area contributed by atoms with Crippen molar-refractivity contribution in [3.63, 3.8) is 0 Å². The molecule has 0 spiro atoms. The summed E-state index contributed by atoms with van der Waals surface area (Å²) in [5.74, 6) is 0. The van der Waals surface area contributed by atoms with Gasteiger partial charge in [0.2, 0.25) is 0 Å². The van der Waals surface area contributed by atoms with Crippen LogP contribution >= 0.6 is 12.6 Å². The number of rotatable bonds is 2. The number of hydrogen-bond acceptors (Lipinski definition) is 1. The summed E-state index contributed by atoms with van der Waals surface area (Å²) >= 11 is 4.17. The molecule has 0 N–H and O–H groups in total. The van der Waals surface area contributed by atoms with Crippen LogP contribution in [0, 0.1) is 0 Å². The van der Waals surface area contributed by atoms with Crippen LogP contribution in [0.1, 0.15) is 13.8 Å². The third-order valence-corrected chi connectivity index (χ3v) is 1.41. The lowest BCUT2D eigenvalue weighted by molar-refractivity contribution is 1.53. The third kappa shape index (κ3) is 4.10. The predicted molar refractivity (Wildman–Crippen MR) is 46.7 cm³/mol. The first kappa shape index (κ1) is 8.57. The van der Waals surface area contributed by atoms with E-state index >= 15 is 0 Å². The van der Waals surface area contributed by atoms with Crippen LogP contribution < -0.4 is 0 Å². The van der Waals surface area contributed by atoms with Crippen LogP contribution in [0.15, 0.2) is 35.3 Å². The molecule has 0 aromatic carbocycles. The smallest absolute Gasteiger partial charge is 0.00632 e. The fourth-order valence-corrected chi connectivity index (χ4v) is 0.416. The zero-order valence-electron chi connectivity index (χ0n) is 5.89. The first-order chi connectivity index (χ1) is 4.18. The Labute approximate surface area is 62.4 Å². The molecule has 0 atom stereocenters. The zero-order chi connectivity index (χ0) is 7.28. The molecule has 0 aromatic rings. The fourth-order valence-electron chi connectivity index (χ4n) is 0.330. The molecule has 0 fully saturated rings. The summed E-state index contributed by atoms with van der Waals surface area (Å²) < 4.78 is 0. The number of hydrogen-bond donors (Lipinski definition) is 1. The molecule has 0 saturated carbocycles. The molecule has 0 saturated heterocycles. The van der Waals surface area contributed by atoms with Crippen molar-refractivity contribution in [2.75, 3.05) is 0 Å². The maximum Gasteiger partial charge on any atom is 0.00632 e. The van der Waals surface area contributed by atoms with Crippen molar-refractivity contribution >= 4 is 12.6 Å². The Bertz CT molecular complexity index is 152.